The molecule has 24 heavy (non-hydrogen) atoms. The molecule has 1 amide bonds. The molecule has 0 aromatic heterocycles. The molecule has 0 aliphatic heterocycles. The number of phenols is 1. The van der Waals surface area contributed by atoms with Gasteiger partial charge in [-0.3, -0.25) is 4.79 Å². The fourth-order valence-corrected chi connectivity index (χ4v) is 2.36. The molecule has 0 radical (unpaired) electrons. The molecule has 5 nitrogen and oxygen atoms in total. The minimum absolute atomic E-state index is 0.0106. The molecular weight excluding hydrogens is 330 g/mol. The van der Waals surface area contributed by atoms with Crippen LogP contribution in [-0.4, -0.2) is 24.1 Å². The Morgan fingerprint density at radius 1 is 1.17 bits per heavy atom. The number of halogens is 1. The largest absolute Gasteiger partial charge is 0.505 e. The number of benzene rings is 2. The Kier molecular flexibility index (Phi) is 6.21. The molecule has 0 atom stereocenters. The molecule has 2 aromatic carbocycles. The maximum atomic E-state index is 12.0. The van der Waals surface area contributed by atoms with Gasteiger partial charge in [-0.2, -0.15) is 0 Å². The maximum absolute atomic E-state index is 12.0. The predicted molar refractivity (Wildman–Crippen MR) is 92.5 cm³/mol. The second kappa shape index (κ2) is 8.36. The van der Waals surface area contributed by atoms with Gasteiger partial charge in [0.05, 0.1) is 12.8 Å². The van der Waals surface area contributed by atoms with Gasteiger partial charge in [-0.25, -0.2) is 4.79 Å². The summed E-state index contributed by atoms with van der Waals surface area (Å²) in [4.78, 5) is 23.5. The summed E-state index contributed by atoms with van der Waals surface area (Å²) in [6.45, 7) is 0. The third-order valence-corrected chi connectivity index (χ3v) is 3.75. The van der Waals surface area contributed by atoms with Gasteiger partial charge in [0.25, 0.3) is 0 Å². The number of anilines is 1. The monoisotopic (exact) mass is 347 g/mol. The summed E-state index contributed by atoms with van der Waals surface area (Å²) < 4.78 is 4.58. The molecule has 126 valence electrons. The van der Waals surface area contributed by atoms with Gasteiger partial charge in [0.15, 0.2) is 5.75 Å². The quantitative estimate of drug-likeness (QED) is 0.615. The highest BCUT2D eigenvalue weighted by molar-refractivity contribution is 6.30. The standard InChI is InChI=1S/C18H18ClNO4/c1-24-18(23)14-5-3-6-15(17(14)22)20-16(21)7-2-4-12-8-10-13(19)11-9-12/h3,5-6,8-11,22H,2,4,7H2,1H3,(H,20,21). The third-order valence-electron chi connectivity index (χ3n) is 3.50. The number of esters is 1. The number of aromatic hydroxyl groups is 1. The normalized spacial score (nSPS) is 10.2. The number of hydrogen-bond donors (Lipinski definition) is 2. The molecule has 0 bridgehead atoms. The zero-order chi connectivity index (χ0) is 17.5. The van der Waals surface area contributed by atoms with Crippen molar-refractivity contribution < 1.29 is 19.4 Å². The molecule has 2 rings (SSSR count). The van der Waals surface area contributed by atoms with Crippen LogP contribution in [0.4, 0.5) is 5.69 Å². The number of amides is 1. The van der Waals surface area contributed by atoms with Crippen molar-refractivity contribution in [2.75, 3.05) is 12.4 Å². The maximum Gasteiger partial charge on any atom is 0.341 e. The molecule has 0 saturated carbocycles. The van der Waals surface area contributed by atoms with Crippen LogP contribution < -0.4 is 5.32 Å². The van der Waals surface area contributed by atoms with Crippen LogP contribution in [0.25, 0.3) is 0 Å². The lowest BCUT2D eigenvalue weighted by Gasteiger charge is -2.10. The number of rotatable bonds is 6. The van der Waals surface area contributed by atoms with Crippen LogP contribution in [0.2, 0.25) is 5.02 Å². The zero-order valence-corrected chi connectivity index (χ0v) is 14.0. The highest BCUT2D eigenvalue weighted by Crippen LogP contribution is 2.28. The second-order valence-corrected chi connectivity index (χ2v) is 5.66. The molecule has 0 fully saturated rings. The summed E-state index contributed by atoms with van der Waals surface area (Å²) in [5.74, 6) is -1.19. The first-order valence-electron chi connectivity index (χ1n) is 7.46. The van der Waals surface area contributed by atoms with Gasteiger partial charge >= 0.3 is 5.97 Å². The number of aryl methyl sites for hydroxylation is 1. The van der Waals surface area contributed by atoms with Crippen LogP contribution in [0.15, 0.2) is 42.5 Å². The van der Waals surface area contributed by atoms with Gasteiger partial charge in [0, 0.05) is 11.4 Å². The number of phenolic OH excluding ortho intramolecular Hbond substituents is 1. The van der Waals surface area contributed by atoms with E-state index in [-0.39, 0.29) is 22.9 Å². The fourth-order valence-electron chi connectivity index (χ4n) is 2.24. The van der Waals surface area contributed by atoms with E-state index in [0.29, 0.717) is 17.9 Å². The Balaban J connectivity index is 1.90. The zero-order valence-electron chi connectivity index (χ0n) is 13.2. The third kappa shape index (κ3) is 4.73. The Hall–Kier alpha value is -2.53. The van der Waals surface area contributed by atoms with Crippen molar-refractivity contribution in [1.82, 2.24) is 0 Å². The van der Waals surface area contributed by atoms with Crippen molar-refractivity contribution in [2.45, 2.75) is 19.3 Å². The summed E-state index contributed by atoms with van der Waals surface area (Å²) in [6.07, 6.45) is 1.70. The molecule has 6 heteroatoms. The van der Waals surface area contributed by atoms with E-state index in [1.54, 1.807) is 6.07 Å². The van der Waals surface area contributed by atoms with Crippen LogP contribution in [0.5, 0.6) is 5.75 Å². The van der Waals surface area contributed by atoms with Crippen LogP contribution in [0, 0.1) is 0 Å². The van der Waals surface area contributed by atoms with E-state index in [9.17, 15) is 14.7 Å². The van der Waals surface area contributed by atoms with Crippen LogP contribution in [0.3, 0.4) is 0 Å². The lowest BCUT2D eigenvalue weighted by atomic mass is 10.1. The van der Waals surface area contributed by atoms with E-state index >= 15 is 0 Å². The first kappa shape index (κ1) is 17.8. The Bertz CT molecular complexity index is 728. The van der Waals surface area contributed by atoms with Crippen LogP contribution in [-0.2, 0) is 16.0 Å². The molecule has 0 aliphatic rings. The lowest BCUT2D eigenvalue weighted by molar-refractivity contribution is -0.116. The van der Waals surface area contributed by atoms with E-state index in [1.807, 2.05) is 24.3 Å². The molecule has 0 aliphatic carbocycles. The van der Waals surface area contributed by atoms with Crippen LogP contribution >= 0.6 is 11.6 Å². The number of para-hydroxylation sites is 1. The SMILES string of the molecule is COC(=O)c1cccc(NC(=O)CCCc2ccc(Cl)cc2)c1O. The second-order valence-electron chi connectivity index (χ2n) is 5.22. The minimum atomic E-state index is -0.661. The number of ether oxygens (including phenoxy) is 1. The van der Waals surface area contributed by atoms with Gasteiger partial charge < -0.3 is 15.2 Å². The highest BCUT2D eigenvalue weighted by Gasteiger charge is 2.15. The average Bonchev–Trinajstić information content (AvgIpc) is 2.58. The Labute approximate surface area is 145 Å². The van der Waals surface area contributed by atoms with Crippen molar-refractivity contribution >= 4 is 29.2 Å². The van der Waals surface area contributed by atoms with Crippen LogP contribution in [0.1, 0.15) is 28.8 Å². The van der Waals surface area contributed by atoms with E-state index in [2.05, 4.69) is 10.1 Å². The van der Waals surface area contributed by atoms with Crippen molar-refractivity contribution in [3.63, 3.8) is 0 Å². The first-order chi connectivity index (χ1) is 11.5. The number of nitrogens with one attached hydrogen (secondary N) is 1. The number of carbonyl (C=O) groups excluding carboxylic acids is 2. The molecule has 0 heterocycles. The van der Waals surface area contributed by atoms with Gasteiger partial charge in [-0.05, 0) is 42.7 Å². The first-order valence-corrected chi connectivity index (χ1v) is 7.83. The Morgan fingerprint density at radius 2 is 1.88 bits per heavy atom. The summed E-state index contributed by atoms with van der Waals surface area (Å²) in [7, 11) is 1.23. The smallest absolute Gasteiger partial charge is 0.341 e. The lowest BCUT2D eigenvalue weighted by Crippen LogP contribution is -2.12. The molecule has 0 unspecified atom stereocenters. The van der Waals surface area contributed by atoms with E-state index in [0.717, 1.165) is 12.0 Å². The van der Waals surface area contributed by atoms with Gasteiger partial charge in [0.1, 0.15) is 5.56 Å². The number of hydrogen-bond acceptors (Lipinski definition) is 4. The molecule has 0 spiro atoms. The molecule has 2 N–H and O–H groups in total. The summed E-state index contributed by atoms with van der Waals surface area (Å²) in [5.41, 5.74) is 1.30. The molecule has 0 saturated heterocycles. The van der Waals surface area contributed by atoms with Crippen molar-refractivity contribution in [1.29, 1.82) is 0 Å². The topological polar surface area (TPSA) is 75.6 Å². The predicted octanol–water partition coefficient (Wildman–Crippen LogP) is 3.79. The molecule has 2 aromatic rings. The van der Waals surface area contributed by atoms with Crippen molar-refractivity contribution in [2.24, 2.45) is 0 Å². The number of methoxy groups -OCH3 is 1. The highest BCUT2D eigenvalue weighted by atomic mass is 35.5. The van der Waals surface area contributed by atoms with E-state index in [1.165, 1.54) is 19.2 Å². The summed E-state index contributed by atoms with van der Waals surface area (Å²) >= 11 is 5.83. The summed E-state index contributed by atoms with van der Waals surface area (Å²) in [6, 6.07) is 12.0. The van der Waals surface area contributed by atoms with Gasteiger partial charge in [-0.1, -0.05) is 29.8 Å². The minimum Gasteiger partial charge on any atom is -0.505 e. The fraction of sp³-hybridized carbons (Fsp3) is 0.222. The number of carbonyl (C=O) groups is 2. The van der Waals surface area contributed by atoms with Crippen molar-refractivity contribution in [3.05, 3.63) is 58.6 Å². The molecular formula is C18H18ClNO4. The average molecular weight is 348 g/mol. The summed E-state index contributed by atoms with van der Waals surface area (Å²) in [5, 5.41) is 13.3. The van der Waals surface area contributed by atoms with E-state index in [4.69, 9.17) is 11.6 Å². The van der Waals surface area contributed by atoms with Gasteiger partial charge in [0.2, 0.25) is 5.91 Å². The van der Waals surface area contributed by atoms with Gasteiger partial charge in [-0.15, -0.1) is 0 Å². The Morgan fingerprint density at radius 3 is 2.54 bits per heavy atom. The van der Waals surface area contributed by atoms with E-state index < -0.39 is 5.97 Å². The van der Waals surface area contributed by atoms with Crippen molar-refractivity contribution in [3.8, 4) is 5.75 Å².